The number of unbranched alkanes of at least 4 members (excludes halogenated alkanes) is 6. The van der Waals surface area contributed by atoms with Crippen molar-refractivity contribution in [1.29, 1.82) is 0 Å². The molecule has 0 radical (unpaired) electrons. The second-order valence-electron chi connectivity index (χ2n) is 16.8. The van der Waals surface area contributed by atoms with E-state index in [-0.39, 0.29) is 26.1 Å². The molecule has 1 aliphatic heterocycles. The lowest BCUT2D eigenvalue weighted by Crippen LogP contribution is -2.37. The van der Waals surface area contributed by atoms with Gasteiger partial charge in [0, 0.05) is 12.8 Å². The summed E-state index contributed by atoms with van der Waals surface area (Å²) >= 11 is 0. The van der Waals surface area contributed by atoms with Crippen LogP contribution in [0, 0.1) is 0 Å². The molecule has 1 fully saturated rings. The van der Waals surface area contributed by atoms with Crippen molar-refractivity contribution in [2.45, 2.75) is 161 Å². The Balaban J connectivity index is 2.34. The van der Waals surface area contributed by atoms with Crippen LogP contribution in [0.2, 0.25) is 0 Å². The van der Waals surface area contributed by atoms with E-state index in [2.05, 4.69) is 111 Å². The lowest BCUT2D eigenvalue weighted by atomic mass is 10.1. The molecule has 0 aliphatic carbocycles. The summed E-state index contributed by atoms with van der Waals surface area (Å²) in [5, 5.41) is 0. The van der Waals surface area contributed by atoms with Crippen molar-refractivity contribution < 1.29 is 46.8 Å². The number of carbonyl (C=O) groups is 2. The molecule has 0 aromatic carbocycles. The Kier molecular flexibility index (Phi) is 35.7. The molecule has 4 atom stereocenters. The van der Waals surface area contributed by atoms with Crippen LogP contribution in [0.4, 0.5) is 0 Å². The zero-order valence-corrected chi connectivity index (χ0v) is 40.6. The molecule has 3 unspecified atom stereocenters. The number of nitrogens with zero attached hydrogens (tertiary/aromatic N) is 1. The summed E-state index contributed by atoms with van der Waals surface area (Å²) in [6.07, 6.45) is 56.2. The van der Waals surface area contributed by atoms with Gasteiger partial charge in [-0.05, 0) is 96.3 Å². The Hall–Kier alpha value is -3.37. The molecule has 0 bridgehead atoms. The highest BCUT2D eigenvalue weighted by Crippen LogP contribution is 2.43. The van der Waals surface area contributed by atoms with Crippen LogP contribution in [-0.4, -0.2) is 87.1 Å². The minimum atomic E-state index is -4.42. The average Bonchev–Trinajstić information content (AvgIpc) is 3.99. The predicted molar refractivity (Wildman–Crippen MR) is 260 cm³/mol. The van der Waals surface area contributed by atoms with Gasteiger partial charge >= 0.3 is 19.8 Å². The molecule has 0 amide bonds. The number of ether oxygens (including phenoxy) is 3. The normalized spacial score (nSPS) is 17.7. The first-order valence-corrected chi connectivity index (χ1v) is 25.2. The van der Waals surface area contributed by atoms with Gasteiger partial charge in [0.2, 0.25) is 0 Å². The summed E-state index contributed by atoms with van der Waals surface area (Å²) in [5.74, 6) is -0.949. The fraction of sp³-hybridized carbons (Fsp3) is 0.615. The molecular weight excluding hydrogens is 814 g/mol. The lowest BCUT2D eigenvalue weighted by Gasteiger charge is -2.24. The van der Waals surface area contributed by atoms with Crippen LogP contribution in [0.3, 0.4) is 0 Å². The van der Waals surface area contributed by atoms with Crippen LogP contribution in [0.25, 0.3) is 0 Å². The highest BCUT2D eigenvalue weighted by molar-refractivity contribution is 7.47. The smallest absolute Gasteiger partial charge is 0.462 e. The van der Waals surface area contributed by atoms with Crippen molar-refractivity contribution >= 4 is 19.8 Å². The van der Waals surface area contributed by atoms with Gasteiger partial charge < -0.3 is 23.6 Å². The van der Waals surface area contributed by atoms with Crippen LogP contribution in [0.5, 0.6) is 0 Å². The number of quaternary nitrogens is 1. The van der Waals surface area contributed by atoms with E-state index in [9.17, 15) is 19.0 Å². The van der Waals surface area contributed by atoms with Crippen LogP contribution in [0.1, 0.15) is 142 Å². The first kappa shape index (κ1) is 57.6. The minimum absolute atomic E-state index is 0.00399. The van der Waals surface area contributed by atoms with Gasteiger partial charge in [0.25, 0.3) is 0 Å². The Bertz CT molecular complexity index is 1500. The van der Waals surface area contributed by atoms with Gasteiger partial charge in [0.15, 0.2) is 6.10 Å². The van der Waals surface area contributed by atoms with Gasteiger partial charge in [-0.2, -0.15) is 0 Å². The monoisotopic (exact) mass is 899 g/mol. The number of likely N-dealkylation sites (N-methyl/N-ethyl adjacent to an activating group) is 1. The van der Waals surface area contributed by atoms with Crippen molar-refractivity contribution in [2.75, 3.05) is 47.5 Å². The van der Waals surface area contributed by atoms with E-state index >= 15 is 0 Å². The van der Waals surface area contributed by atoms with Crippen molar-refractivity contribution in [1.82, 2.24) is 0 Å². The van der Waals surface area contributed by atoms with Gasteiger partial charge in [-0.1, -0.05) is 142 Å². The Morgan fingerprint density at radius 1 is 0.587 bits per heavy atom. The summed E-state index contributed by atoms with van der Waals surface area (Å²) in [5.41, 5.74) is 0. The maximum atomic E-state index is 12.7. The number of carbonyl (C=O) groups excluding carboxylic acids is 2. The van der Waals surface area contributed by atoms with Gasteiger partial charge in [-0.25, -0.2) is 4.57 Å². The first-order chi connectivity index (χ1) is 30.5. The topological polar surface area (TPSA) is 121 Å². The van der Waals surface area contributed by atoms with Crippen molar-refractivity contribution in [3.05, 3.63) is 109 Å². The summed E-state index contributed by atoms with van der Waals surface area (Å²) in [7, 11) is 1.38. The highest BCUT2D eigenvalue weighted by atomic mass is 31.2. The van der Waals surface area contributed by atoms with Gasteiger partial charge in [-0.15, -0.1) is 0 Å². The van der Waals surface area contributed by atoms with E-state index in [1.54, 1.807) is 0 Å². The maximum Gasteiger partial charge on any atom is 0.472 e. The number of phosphoric ester groups is 1. The largest absolute Gasteiger partial charge is 0.472 e. The van der Waals surface area contributed by atoms with Crippen LogP contribution >= 0.6 is 7.82 Å². The third kappa shape index (κ3) is 39.9. The Labute approximate surface area is 382 Å². The molecule has 11 heteroatoms. The Morgan fingerprint density at radius 2 is 1.08 bits per heavy atom. The van der Waals surface area contributed by atoms with Crippen molar-refractivity contribution in [3.63, 3.8) is 0 Å². The minimum Gasteiger partial charge on any atom is -0.462 e. The molecule has 0 aromatic rings. The SMILES string of the molecule is CC/C=C\CC1OC1C/C=C\C/C=C\C/C=C\C/C=C\CCC(=O)O[C@H](COC(=O)CCCCC/C=C\C/C=C\C/C=C\C/C=C\CCCCC)COP(=O)(O)OCC[N+](C)(C)C. The van der Waals surface area contributed by atoms with Gasteiger partial charge in [0.1, 0.15) is 19.8 Å². The molecule has 10 nitrogen and oxygen atoms in total. The van der Waals surface area contributed by atoms with E-state index in [1.807, 2.05) is 33.3 Å². The maximum absolute atomic E-state index is 12.7. The van der Waals surface area contributed by atoms with E-state index in [4.69, 9.17) is 23.3 Å². The highest BCUT2D eigenvalue weighted by Gasteiger charge is 2.36. The fourth-order valence-electron chi connectivity index (χ4n) is 5.89. The molecular formula is C52H85NO9P+. The third-order valence-corrected chi connectivity index (χ3v) is 10.7. The number of rotatable bonds is 40. The number of hydrogen-bond acceptors (Lipinski definition) is 8. The fourth-order valence-corrected chi connectivity index (χ4v) is 6.63. The molecule has 0 aromatic heterocycles. The molecule has 1 N–H and O–H groups in total. The third-order valence-electron chi connectivity index (χ3n) is 9.70. The van der Waals surface area contributed by atoms with Crippen molar-refractivity contribution in [2.24, 2.45) is 0 Å². The molecule has 356 valence electrons. The zero-order valence-electron chi connectivity index (χ0n) is 39.7. The molecule has 1 aliphatic rings. The summed E-state index contributed by atoms with van der Waals surface area (Å²) < 4.78 is 39.9. The number of hydrogen-bond donors (Lipinski definition) is 1. The standard InChI is InChI=1S/C52H84NO9P/c1-6-8-10-11-12-13-14-15-16-17-18-19-20-21-25-28-31-34-38-42-51(54)58-46-48(47-60-63(56,57)59-45-44-53(3,4)5)61-52(55)43-39-35-32-29-26-23-22-24-27-30-33-37-41-50-49(62-50)40-36-9-7-2/h9,12-13,15-16,18-19,21,23-27,32-33,35-37,48-50H,6-8,10-11,14,17,20,22,28-31,34,38-47H2,1-5H3/p+1/b13-12-,16-15-,19-18-,25-21-,26-23-,27-24-,35-32-,36-9-,37-33-/t48-,49?,50?/m1/s1. The van der Waals surface area contributed by atoms with E-state index in [0.717, 1.165) is 77.0 Å². The van der Waals surface area contributed by atoms with E-state index in [1.165, 1.54) is 25.7 Å². The Morgan fingerprint density at radius 3 is 1.60 bits per heavy atom. The summed E-state index contributed by atoms with van der Waals surface area (Å²) in [6, 6.07) is 0. The van der Waals surface area contributed by atoms with Crippen LogP contribution in [-0.2, 0) is 37.4 Å². The molecule has 0 spiro atoms. The molecule has 0 saturated carbocycles. The van der Waals surface area contributed by atoms with Gasteiger partial charge in [0.05, 0.1) is 40.0 Å². The number of epoxide rings is 1. The van der Waals surface area contributed by atoms with Crippen molar-refractivity contribution in [3.8, 4) is 0 Å². The zero-order chi connectivity index (χ0) is 46.1. The van der Waals surface area contributed by atoms with E-state index in [0.29, 0.717) is 36.1 Å². The average molecular weight is 899 g/mol. The molecule has 1 saturated heterocycles. The number of phosphoric acid groups is 1. The summed E-state index contributed by atoms with van der Waals surface area (Å²) in [6.45, 7) is 4.12. The van der Waals surface area contributed by atoms with Gasteiger partial charge in [-0.3, -0.25) is 18.6 Å². The predicted octanol–water partition coefficient (Wildman–Crippen LogP) is 12.9. The lowest BCUT2D eigenvalue weighted by molar-refractivity contribution is -0.870. The quantitative estimate of drug-likeness (QED) is 0.0160. The van der Waals surface area contributed by atoms with E-state index < -0.39 is 32.5 Å². The second kappa shape index (κ2) is 39.0. The molecule has 1 heterocycles. The second-order valence-corrected chi connectivity index (χ2v) is 18.2. The molecule has 1 rings (SSSR count). The summed E-state index contributed by atoms with van der Waals surface area (Å²) in [4.78, 5) is 35.4. The number of allylic oxidation sites excluding steroid dienone is 16. The van der Waals surface area contributed by atoms with Crippen LogP contribution < -0.4 is 0 Å². The molecule has 63 heavy (non-hydrogen) atoms. The number of esters is 2. The van der Waals surface area contributed by atoms with Crippen LogP contribution in [0.15, 0.2) is 109 Å². The first-order valence-electron chi connectivity index (χ1n) is 23.7.